The lowest BCUT2D eigenvalue weighted by molar-refractivity contribution is -0.119. The summed E-state index contributed by atoms with van der Waals surface area (Å²) in [5, 5.41) is 10.0. The van der Waals surface area contributed by atoms with Gasteiger partial charge in [-0.05, 0) is 45.0 Å². The fourth-order valence-electron chi connectivity index (χ4n) is 4.96. The number of nitriles is 1. The molecule has 3 aromatic rings. The van der Waals surface area contributed by atoms with Gasteiger partial charge in [-0.3, -0.25) is 4.79 Å². The van der Waals surface area contributed by atoms with E-state index in [-0.39, 0.29) is 17.7 Å². The van der Waals surface area contributed by atoms with Gasteiger partial charge in [-0.1, -0.05) is 30.3 Å². The van der Waals surface area contributed by atoms with E-state index in [9.17, 15) is 10.1 Å². The summed E-state index contributed by atoms with van der Waals surface area (Å²) in [5.41, 5.74) is 11.2. The van der Waals surface area contributed by atoms with Gasteiger partial charge in [0.2, 0.25) is 5.91 Å². The predicted molar refractivity (Wildman–Crippen MR) is 123 cm³/mol. The predicted octanol–water partition coefficient (Wildman–Crippen LogP) is 3.40. The minimum atomic E-state index is -0.326. The van der Waals surface area contributed by atoms with Gasteiger partial charge in [-0.25, -0.2) is 4.98 Å². The van der Waals surface area contributed by atoms with Crippen LogP contribution in [0.25, 0.3) is 22.2 Å². The molecule has 32 heavy (non-hydrogen) atoms. The summed E-state index contributed by atoms with van der Waals surface area (Å²) in [4.78, 5) is 21.0. The summed E-state index contributed by atoms with van der Waals surface area (Å²) in [5.74, 6) is -0.161. The van der Waals surface area contributed by atoms with Crippen LogP contribution in [0.1, 0.15) is 35.8 Å². The first-order valence-electron chi connectivity index (χ1n) is 11.0. The lowest BCUT2D eigenvalue weighted by Gasteiger charge is -2.25. The molecule has 0 unspecified atom stereocenters. The number of aromatic nitrogens is 1. The maximum atomic E-state index is 11.6. The summed E-state index contributed by atoms with van der Waals surface area (Å²) in [6.07, 6.45) is 1.70. The molecule has 2 aliphatic rings. The fraction of sp³-hybridized carbons (Fsp3) is 0.400. The van der Waals surface area contributed by atoms with Crippen molar-refractivity contribution in [2.45, 2.75) is 31.7 Å². The summed E-state index contributed by atoms with van der Waals surface area (Å²) in [7, 11) is 4.21. The molecule has 0 bridgehead atoms. The van der Waals surface area contributed by atoms with Crippen LogP contribution in [0.2, 0.25) is 0 Å². The van der Waals surface area contributed by atoms with Crippen molar-refractivity contribution in [2.75, 3.05) is 32.1 Å². The number of fused-ring (bicyclic) bond motifs is 1. The van der Waals surface area contributed by atoms with E-state index in [0.717, 1.165) is 41.9 Å². The molecule has 0 spiro atoms. The number of benzene rings is 2. The summed E-state index contributed by atoms with van der Waals surface area (Å²) in [6.45, 7) is 3.75. The molecule has 1 aromatic heterocycles. The Balaban J connectivity index is 1.75. The quantitative estimate of drug-likeness (QED) is 0.667. The number of carbonyl (C=O) groups is 1. The van der Waals surface area contributed by atoms with Crippen molar-refractivity contribution >= 4 is 22.7 Å². The van der Waals surface area contributed by atoms with Crippen molar-refractivity contribution in [1.29, 1.82) is 5.26 Å². The van der Waals surface area contributed by atoms with Crippen LogP contribution >= 0.6 is 0 Å². The van der Waals surface area contributed by atoms with E-state index in [4.69, 9.17) is 15.1 Å². The molecule has 0 radical (unpaired) electrons. The molecule has 1 aliphatic carbocycles. The van der Waals surface area contributed by atoms with Gasteiger partial charge in [0, 0.05) is 30.6 Å². The topological polar surface area (TPSA) is 99.4 Å². The van der Waals surface area contributed by atoms with Crippen LogP contribution in [0.15, 0.2) is 34.7 Å². The molecular weight excluding hydrogens is 402 g/mol. The Labute approximate surface area is 187 Å². The maximum Gasteiger partial charge on any atom is 0.221 e. The first kappa shape index (κ1) is 20.5. The van der Waals surface area contributed by atoms with Crippen LogP contribution in [-0.4, -0.2) is 49.0 Å². The number of primary amides is 1. The van der Waals surface area contributed by atoms with E-state index in [1.165, 1.54) is 0 Å². The van der Waals surface area contributed by atoms with Crippen molar-refractivity contribution in [1.82, 2.24) is 9.88 Å². The first-order valence-corrected chi connectivity index (χ1v) is 11.0. The van der Waals surface area contributed by atoms with Crippen LogP contribution in [-0.2, 0) is 4.79 Å². The number of hydrogen-bond donors (Lipinski definition) is 1. The van der Waals surface area contributed by atoms with Crippen LogP contribution < -0.4 is 10.6 Å². The zero-order valence-corrected chi connectivity index (χ0v) is 18.6. The Morgan fingerprint density at radius 3 is 2.66 bits per heavy atom. The van der Waals surface area contributed by atoms with Gasteiger partial charge in [-0.2, -0.15) is 5.26 Å². The molecule has 5 rings (SSSR count). The molecule has 7 nitrogen and oxygen atoms in total. The van der Waals surface area contributed by atoms with E-state index >= 15 is 0 Å². The lowest BCUT2D eigenvalue weighted by atomic mass is 9.93. The standard InChI is InChI=1S/C25H27N5O2/c1-14-19(12-26)21-23(32-25(28-21)18-11-17(18)24(27)31)22(20(14)15-7-5-4-6-8-15)30-10-9-16(13-30)29(2)3/h4-8,16-18H,9-11,13H2,1-3H3,(H2,27,31)/t16-,17-,18-/m0/s1. The van der Waals surface area contributed by atoms with Crippen LogP contribution in [0.4, 0.5) is 5.69 Å². The van der Waals surface area contributed by atoms with Gasteiger partial charge in [0.1, 0.15) is 11.6 Å². The van der Waals surface area contributed by atoms with E-state index in [0.29, 0.717) is 35.0 Å². The number of hydrogen-bond acceptors (Lipinski definition) is 6. The van der Waals surface area contributed by atoms with Gasteiger partial charge in [0.15, 0.2) is 11.5 Å². The van der Waals surface area contributed by atoms with Gasteiger partial charge in [0.25, 0.3) is 0 Å². The SMILES string of the molecule is Cc1c(-c2ccccc2)c(N2CC[C@H](N(C)C)C2)c2oc([C@H]3C[C@@H]3C(N)=O)nc2c1C#N. The minimum absolute atomic E-state index is 0.104. The number of likely N-dealkylation sites (N-methyl/N-ethyl adjacent to an activating group) is 1. The third-order valence-electron chi connectivity index (χ3n) is 6.94. The highest BCUT2D eigenvalue weighted by Crippen LogP contribution is 2.50. The van der Waals surface area contributed by atoms with E-state index in [2.05, 4.69) is 42.1 Å². The Hall–Kier alpha value is -3.37. The number of anilines is 1. The second-order valence-corrected chi connectivity index (χ2v) is 9.13. The molecule has 1 aliphatic heterocycles. The average Bonchev–Trinajstić information content (AvgIpc) is 3.23. The molecule has 164 valence electrons. The Kier molecular flexibility index (Phi) is 4.90. The molecule has 2 fully saturated rings. The Bertz CT molecular complexity index is 1240. The van der Waals surface area contributed by atoms with Gasteiger partial charge in [-0.15, -0.1) is 0 Å². The fourth-order valence-corrected chi connectivity index (χ4v) is 4.96. The van der Waals surface area contributed by atoms with E-state index < -0.39 is 0 Å². The average molecular weight is 430 g/mol. The zero-order valence-electron chi connectivity index (χ0n) is 18.6. The molecule has 2 aromatic carbocycles. The molecule has 1 amide bonds. The smallest absolute Gasteiger partial charge is 0.221 e. The van der Waals surface area contributed by atoms with Crippen LogP contribution in [0.3, 0.4) is 0 Å². The van der Waals surface area contributed by atoms with Crippen molar-refractivity contribution in [3.05, 3.63) is 47.3 Å². The largest absolute Gasteiger partial charge is 0.438 e. The van der Waals surface area contributed by atoms with Gasteiger partial charge in [0.05, 0.1) is 17.2 Å². The third-order valence-corrected chi connectivity index (χ3v) is 6.94. The molecule has 2 heterocycles. The van der Waals surface area contributed by atoms with Crippen molar-refractivity contribution in [3.8, 4) is 17.2 Å². The number of carbonyl (C=O) groups excluding carboxylic acids is 1. The Morgan fingerprint density at radius 2 is 2.06 bits per heavy atom. The second kappa shape index (κ2) is 7.64. The molecule has 1 saturated heterocycles. The second-order valence-electron chi connectivity index (χ2n) is 9.13. The number of amides is 1. The number of nitrogens with zero attached hydrogens (tertiary/aromatic N) is 4. The lowest BCUT2D eigenvalue weighted by Crippen LogP contribution is -2.31. The molecule has 3 atom stereocenters. The van der Waals surface area contributed by atoms with Gasteiger partial charge >= 0.3 is 0 Å². The normalized spacial score (nSPS) is 22.5. The van der Waals surface area contributed by atoms with Crippen molar-refractivity contribution < 1.29 is 9.21 Å². The van der Waals surface area contributed by atoms with Crippen LogP contribution in [0, 0.1) is 24.2 Å². The summed E-state index contributed by atoms with van der Waals surface area (Å²) >= 11 is 0. The van der Waals surface area contributed by atoms with E-state index in [1.54, 1.807) is 0 Å². The van der Waals surface area contributed by atoms with Crippen LogP contribution in [0.5, 0.6) is 0 Å². The highest BCUT2D eigenvalue weighted by Gasteiger charge is 2.47. The maximum absolute atomic E-state index is 11.6. The number of rotatable bonds is 5. The third kappa shape index (κ3) is 3.23. The molecule has 1 saturated carbocycles. The Morgan fingerprint density at radius 1 is 1.31 bits per heavy atom. The minimum Gasteiger partial charge on any atom is -0.438 e. The number of nitrogens with two attached hydrogens (primary N) is 1. The summed E-state index contributed by atoms with van der Waals surface area (Å²) < 4.78 is 6.35. The molecule has 7 heteroatoms. The molecular formula is C25H27N5O2. The van der Waals surface area contributed by atoms with E-state index in [1.807, 2.05) is 25.1 Å². The monoisotopic (exact) mass is 429 g/mol. The summed E-state index contributed by atoms with van der Waals surface area (Å²) in [6, 6.07) is 12.9. The number of oxazole rings is 1. The highest BCUT2D eigenvalue weighted by atomic mass is 16.4. The first-order chi connectivity index (χ1) is 15.4. The van der Waals surface area contributed by atoms with Crippen molar-refractivity contribution in [3.63, 3.8) is 0 Å². The zero-order chi connectivity index (χ0) is 22.6. The van der Waals surface area contributed by atoms with Gasteiger partial charge < -0.3 is 20.0 Å². The van der Waals surface area contributed by atoms with Crippen molar-refractivity contribution in [2.24, 2.45) is 11.7 Å². The molecule has 2 N–H and O–H groups in total. The highest BCUT2D eigenvalue weighted by molar-refractivity contribution is 6.02.